The summed E-state index contributed by atoms with van der Waals surface area (Å²) in [4.78, 5) is 11.1. The van der Waals surface area contributed by atoms with Crippen LogP contribution in [0.2, 0.25) is 0 Å². The van der Waals surface area contributed by atoms with E-state index in [9.17, 15) is 9.18 Å². The molecule has 1 amide bonds. The minimum absolute atomic E-state index is 0.132. The van der Waals surface area contributed by atoms with E-state index in [1.807, 2.05) is 0 Å². The van der Waals surface area contributed by atoms with Crippen LogP contribution in [0, 0.1) is 24.1 Å². The van der Waals surface area contributed by atoms with Crippen LogP contribution in [0.3, 0.4) is 0 Å². The monoisotopic (exact) mass is 233 g/mol. The van der Waals surface area contributed by atoms with Crippen LogP contribution >= 0.6 is 0 Å². The van der Waals surface area contributed by atoms with Crippen LogP contribution in [-0.2, 0) is 4.79 Å². The highest BCUT2D eigenvalue weighted by atomic mass is 19.1. The number of halogens is 1. The van der Waals surface area contributed by atoms with E-state index in [4.69, 9.17) is 5.26 Å². The van der Waals surface area contributed by atoms with E-state index in [0.29, 0.717) is 0 Å². The van der Waals surface area contributed by atoms with Crippen LogP contribution in [-0.4, -0.2) is 5.91 Å². The molecule has 0 fully saturated rings. The molecule has 0 saturated heterocycles. The van der Waals surface area contributed by atoms with Crippen LogP contribution in [0.5, 0.6) is 0 Å². The molecule has 0 radical (unpaired) electrons. The van der Waals surface area contributed by atoms with Crippen LogP contribution in [0.15, 0.2) is 30.6 Å². The zero-order chi connectivity index (χ0) is 12.8. The third-order valence-corrected chi connectivity index (χ3v) is 1.94. The number of carbonyl (C=O) groups is 1. The molecule has 17 heavy (non-hydrogen) atoms. The van der Waals surface area contributed by atoms with Crippen molar-refractivity contribution in [1.29, 1.82) is 5.26 Å². The number of rotatable bonds is 4. The Kier molecular flexibility index (Phi) is 4.23. The number of aryl methyl sites for hydroxylation is 1. The molecule has 0 aromatic heterocycles. The van der Waals surface area contributed by atoms with E-state index >= 15 is 0 Å². The Hall–Kier alpha value is -2.35. The number of carbonyl (C=O) groups excluding carboxylic acids is 1. The second kappa shape index (κ2) is 5.66. The molecule has 0 aliphatic heterocycles. The average Bonchev–Trinajstić information content (AvgIpc) is 2.22. The summed E-state index contributed by atoms with van der Waals surface area (Å²) in [6, 6.07) is 6.35. The third-order valence-electron chi connectivity index (χ3n) is 1.94. The van der Waals surface area contributed by atoms with Gasteiger partial charge in [0.1, 0.15) is 18.1 Å². The first-order chi connectivity index (χ1) is 8.02. The minimum Gasteiger partial charge on any atom is -0.340 e. The highest BCUT2D eigenvalue weighted by Gasteiger charge is 2.05. The van der Waals surface area contributed by atoms with Gasteiger partial charge in [0.15, 0.2) is 0 Å². The van der Waals surface area contributed by atoms with Crippen LogP contribution in [0.4, 0.5) is 10.1 Å². The van der Waals surface area contributed by atoms with Crippen molar-refractivity contribution >= 4 is 11.6 Å². The Morgan fingerprint density at radius 1 is 1.59 bits per heavy atom. The van der Waals surface area contributed by atoms with Gasteiger partial charge in [-0.1, -0.05) is 12.6 Å². The Bertz CT molecular complexity index is 491. The summed E-state index contributed by atoms with van der Waals surface area (Å²) in [6.45, 7) is 5.29. The highest BCUT2D eigenvalue weighted by Crippen LogP contribution is 2.16. The molecule has 5 heteroatoms. The van der Waals surface area contributed by atoms with E-state index in [1.54, 1.807) is 25.1 Å². The molecule has 2 N–H and O–H groups in total. The lowest BCUT2D eigenvalue weighted by molar-refractivity contribution is -0.119. The summed E-state index contributed by atoms with van der Waals surface area (Å²) in [5.74, 6) is -0.786. The van der Waals surface area contributed by atoms with Gasteiger partial charge in [-0.05, 0) is 24.6 Å². The van der Waals surface area contributed by atoms with E-state index in [1.165, 1.54) is 6.07 Å². The van der Waals surface area contributed by atoms with Gasteiger partial charge in [0.05, 0.1) is 11.8 Å². The van der Waals surface area contributed by atoms with Crippen LogP contribution in [0.1, 0.15) is 12.0 Å². The number of nitrogens with zero attached hydrogens (tertiary/aromatic N) is 1. The van der Waals surface area contributed by atoms with Crippen molar-refractivity contribution in [3.8, 4) is 6.07 Å². The lowest BCUT2D eigenvalue weighted by Gasteiger charge is -2.11. The van der Waals surface area contributed by atoms with Crippen molar-refractivity contribution < 1.29 is 9.18 Å². The van der Waals surface area contributed by atoms with Gasteiger partial charge in [-0.2, -0.15) is 5.26 Å². The minimum atomic E-state index is -0.488. The lowest BCUT2D eigenvalue weighted by atomic mass is 10.2. The summed E-state index contributed by atoms with van der Waals surface area (Å²) in [6.07, 6.45) is -0.267. The Morgan fingerprint density at radius 2 is 2.29 bits per heavy atom. The molecular weight excluding hydrogens is 221 g/mol. The Labute approximate surface area is 98.8 Å². The Balaban J connectivity index is 2.63. The standard InChI is InChI=1S/C12H12FN3O/c1-8-3-4-11(10(13)7-8)15-9(2)16-12(17)5-6-14/h3-4,7,15H,2,5H2,1H3,(H,16,17). The summed E-state index contributed by atoms with van der Waals surface area (Å²) in [7, 11) is 0. The summed E-state index contributed by atoms with van der Waals surface area (Å²) >= 11 is 0. The number of nitrogens with one attached hydrogen (secondary N) is 2. The molecule has 0 heterocycles. The van der Waals surface area contributed by atoms with Crippen molar-refractivity contribution in [2.45, 2.75) is 13.3 Å². The van der Waals surface area contributed by atoms with Gasteiger partial charge in [-0.15, -0.1) is 0 Å². The van der Waals surface area contributed by atoms with E-state index < -0.39 is 11.7 Å². The van der Waals surface area contributed by atoms with Crippen molar-refractivity contribution in [2.24, 2.45) is 0 Å². The second-order valence-corrected chi connectivity index (χ2v) is 3.47. The molecule has 1 aromatic carbocycles. The predicted octanol–water partition coefficient (Wildman–Crippen LogP) is 2.05. The molecule has 0 atom stereocenters. The molecule has 88 valence electrons. The fraction of sp³-hybridized carbons (Fsp3) is 0.167. The predicted molar refractivity (Wildman–Crippen MR) is 62.3 cm³/mol. The fourth-order valence-corrected chi connectivity index (χ4v) is 1.20. The van der Waals surface area contributed by atoms with E-state index in [0.717, 1.165) is 5.56 Å². The van der Waals surface area contributed by atoms with Crippen LogP contribution in [0.25, 0.3) is 0 Å². The maximum Gasteiger partial charge on any atom is 0.239 e. The van der Waals surface area contributed by atoms with Gasteiger partial charge < -0.3 is 10.6 Å². The number of hydrogen-bond acceptors (Lipinski definition) is 3. The largest absolute Gasteiger partial charge is 0.340 e. The fourth-order valence-electron chi connectivity index (χ4n) is 1.20. The van der Waals surface area contributed by atoms with Gasteiger partial charge in [0.25, 0.3) is 0 Å². The zero-order valence-electron chi connectivity index (χ0n) is 9.38. The van der Waals surface area contributed by atoms with Gasteiger partial charge in [0, 0.05) is 0 Å². The first-order valence-corrected chi connectivity index (χ1v) is 4.92. The molecule has 1 rings (SSSR count). The number of amides is 1. The highest BCUT2D eigenvalue weighted by molar-refractivity contribution is 5.80. The smallest absolute Gasteiger partial charge is 0.239 e. The Morgan fingerprint density at radius 3 is 2.88 bits per heavy atom. The van der Waals surface area contributed by atoms with Crippen molar-refractivity contribution in [3.05, 3.63) is 42.0 Å². The van der Waals surface area contributed by atoms with E-state index in [2.05, 4.69) is 17.2 Å². The third kappa shape index (κ3) is 3.95. The lowest BCUT2D eigenvalue weighted by Crippen LogP contribution is -2.25. The topological polar surface area (TPSA) is 64.9 Å². The maximum absolute atomic E-state index is 13.4. The van der Waals surface area contributed by atoms with Gasteiger partial charge in [0.2, 0.25) is 5.91 Å². The molecule has 0 aliphatic carbocycles. The normalized spacial score (nSPS) is 9.24. The van der Waals surface area contributed by atoms with Gasteiger partial charge >= 0.3 is 0 Å². The zero-order valence-corrected chi connectivity index (χ0v) is 9.38. The number of anilines is 1. The van der Waals surface area contributed by atoms with Crippen molar-refractivity contribution in [2.75, 3.05) is 5.32 Å². The number of benzene rings is 1. The summed E-state index contributed by atoms with van der Waals surface area (Å²) in [5.41, 5.74) is 1.02. The molecule has 0 bridgehead atoms. The molecule has 0 aliphatic rings. The number of hydrogen-bond donors (Lipinski definition) is 2. The first-order valence-electron chi connectivity index (χ1n) is 4.92. The molecule has 1 aromatic rings. The SMILES string of the molecule is C=C(NC(=O)CC#N)Nc1ccc(C)cc1F. The molecule has 0 saturated carbocycles. The van der Waals surface area contributed by atoms with Crippen LogP contribution < -0.4 is 10.6 Å². The average molecular weight is 233 g/mol. The summed E-state index contributed by atoms with van der Waals surface area (Å²) in [5, 5.41) is 13.2. The van der Waals surface area contributed by atoms with Gasteiger partial charge in [-0.25, -0.2) is 4.39 Å². The van der Waals surface area contributed by atoms with Gasteiger partial charge in [-0.3, -0.25) is 4.79 Å². The molecule has 0 spiro atoms. The quantitative estimate of drug-likeness (QED) is 0.836. The molecule has 4 nitrogen and oxygen atoms in total. The maximum atomic E-state index is 13.4. The van der Waals surface area contributed by atoms with Crippen molar-refractivity contribution in [1.82, 2.24) is 5.32 Å². The van der Waals surface area contributed by atoms with E-state index in [-0.39, 0.29) is 17.9 Å². The summed E-state index contributed by atoms with van der Waals surface area (Å²) < 4.78 is 13.4. The second-order valence-electron chi connectivity index (χ2n) is 3.47. The van der Waals surface area contributed by atoms with Crippen molar-refractivity contribution in [3.63, 3.8) is 0 Å². The molecule has 0 unspecified atom stereocenters. The number of nitriles is 1. The first kappa shape index (κ1) is 12.7. The molecular formula is C12H12FN3O.